The van der Waals surface area contributed by atoms with Gasteiger partial charge in [-0.25, -0.2) is 0 Å². The Bertz CT molecular complexity index is 516. The van der Waals surface area contributed by atoms with Crippen molar-refractivity contribution >= 4 is 23.7 Å². The van der Waals surface area contributed by atoms with Crippen LogP contribution in [0.25, 0.3) is 0 Å². The lowest BCUT2D eigenvalue weighted by atomic mass is 9.98. The van der Waals surface area contributed by atoms with Gasteiger partial charge in [0.1, 0.15) is 11.9 Å². The van der Waals surface area contributed by atoms with Gasteiger partial charge in [-0.1, -0.05) is 0 Å². The molecule has 25 heavy (non-hydrogen) atoms. The van der Waals surface area contributed by atoms with Crippen LogP contribution < -0.4 is 0 Å². The molecule has 0 unspecified atom stereocenters. The van der Waals surface area contributed by atoms with Crippen molar-refractivity contribution in [1.82, 2.24) is 0 Å². The van der Waals surface area contributed by atoms with Crippen LogP contribution in [0.15, 0.2) is 0 Å². The first-order valence-electron chi connectivity index (χ1n) is 7.63. The van der Waals surface area contributed by atoms with E-state index in [1.165, 1.54) is 6.92 Å². The molecule has 142 valence electrons. The molecule has 0 amide bonds. The Labute approximate surface area is 144 Å². The maximum absolute atomic E-state index is 11.9. The van der Waals surface area contributed by atoms with Gasteiger partial charge >= 0.3 is 17.9 Å². The van der Waals surface area contributed by atoms with Crippen molar-refractivity contribution in [1.29, 1.82) is 0 Å². The second-order valence-corrected chi connectivity index (χ2v) is 5.55. The largest absolute Gasteiger partial charge is 0.455 e. The third-order valence-corrected chi connectivity index (χ3v) is 3.34. The van der Waals surface area contributed by atoms with Gasteiger partial charge in [-0.3, -0.25) is 14.4 Å². The summed E-state index contributed by atoms with van der Waals surface area (Å²) in [5.74, 6) is -2.58. The van der Waals surface area contributed by atoms with Crippen LogP contribution in [-0.4, -0.2) is 71.2 Å². The fraction of sp³-hybridized carbons (Fsp3) is 0.733. The molecular weight excluding hydrogens is 340 g/mol. The molecule has 2 N–H and O–H groups in total. The van der Waals surface area contributed by atoms with Crippen molar-refractivity contribution in [2.75, 3.05) is 6.61 Å². The van der Waals surface area contributed by atoms with Gasteiger partial charge in [0.2, 0.25) is 0 Å². The monoisotopic (exact) mass is 362 g/mol. The number of aliphatic hydroxyl groups is 2. The van der Waals surface area contributed by atoms with Crippen molar-refractivity contribution in [2.24, 2.45) is 0 Å². The number of carbonyl (C=O) groups is 4. The van der Waals surface area contributed by atoms with E-state index in [4.69, 9.17) is 18.9 Å². The molecule has 1 fully saturated rings. The van der Waals surface area contributed by atoms with E-state index in [9.17, 15) is 29.4 Å². The Kier molecular flexibility index (Phi) is 7.94. The molecule has 1 rings (SSSR count). The number of hydrogen-bond donors (Lipinski definition) is 2. The van der Waals surface area contributed by atoms with Crippen LogP contribution in [0.4, 0.5) is 0 Å². The van der Waals surface area contributed by atoms with Crippen molar-refractivity contribution < 1.29 is 48.3 Å². The first-order valence-corrected chi connectivity index (χ1v) is 7.63. The van der Waals surface area contributed by atoms with Crippen LogP contribution >= 0.6 is 0 Å². The van der Waals surface area contributed by atoms with Gasteiger partial charge in [-0.15, -0.1) is 0 Å². The molecule has 1 saturated heterocycles. The van der Waals surface area contributed by atoms with Crippen LogP contribution in [0.2, 0.25) is 0 Å². The van der Waals surface area contributed by atoms with E-state index >= 15 is 0 Å². The average molecular weight is 362 g/mol. The normalized spacial score (nSPS) is 28.8. The SMILES string of the molecule is CC(=O)CCC(=O)O[C@H]1[C@H](OC(C)=O)[C@@H](OC(C)=O)[C@@H](O)O[C@@H]1CO. The Balaban J connectivity index is 3.01. The van der Waals surface area contributed by atoms with Gasteiger partial charge in [0.15, 0.2) is 24.6 Å². The molecule has 5 atom stereocenters. The second-order valence-electron chi connectivity index (χ2n) is 5.55. The molecule has 10 nitrogen and oxygen atoms in total. The average Bonchev–Trinajstić information content (AvgIpc) is 2.50. The van der Waals surface area contributed by atoms with Crippen LogP contribution in [0, 0.1) is 0 Å². The smallest absolute Gasteiger partial charge is 0.306 e. The summed E-state index contributed by atoms with van der Waals surface area (Å²) in [4.78, 5) is 45.4. The summed E-state index contributed by atoms with van der Waals surface area (Å²) in [6.45, 7) is 2.80. The highest BCUT2D eigenvalue weighted by molar-refractivity contribution is 5.81. The minimum absolute atomic E-state index is 0.0512. The topological polar surface area (TPSA) is 146 Å². The summed E-state index contributed by atoms with van der Waals surface area (Å²) in [5.41, 5.74) is 0. The molecular formula is C15H22O10. The highest BCUT2D eigenvalue weighted by atomic mass is 16.7. The number of aliphatic hydroxyl groups excluding tert-OH is 2. The second kappa shape index (κ2) is 9.44. The minimum atomic E-state index is -1.70. The zero-order valence-corrected chi connectivity index (χ0v) is 14.2. The van der Waals surface area contributed by atoms with E-state index in [1.54, 1.807) is 0 Å². The van der Waals surface area contributed by atoms with Crippen molar-refractivity contribution in [3.05, 3.63) is 0 Å². The Morgan fingerprint density at radius 2 is 1.44 bits per heavy atom. The number of Topliss-reactive ketones (excluding diaryl/α,β-unsaturated/α-hetero) is 1. The van der Waals surface area contributed by atoms with E-state index in [1.807, 2.05) is 0 Å². The van der Waals surface area contributed by atoms with Crippen LogP contribution in [0.1, 0.15) is 33.6 Å². The van der Waals surface area contributed by atoms with E-state index in [-0.39, 0.29) is 18.6 Å². The number of esters is 3. The molecule has 0 aromatic rings. The van der Waals surface area contributed by atoms with Gasteiger partial charge in [0.05, 0.1) is 13.0 Å². The number of ketones is 1. The van der Waals surface area contributed by atoms with Crippen molar-refractivity contribution in [3.8, 4) is 0 Å². The molecule has 0 aromatic carbocycles. The fourth-order valence-electron chi connectivity index (χ4n) is 2.32. The Morgan fingerprint density at radius 1 is 0.880 bits per heavy atom. The molecule has 0 radical (unpaired) electrons. The minimum Gasteiger partial charge on any atom is -0.455 e. The summed E-state index contributed by atoms with van der Waals surface area (Å²) >= 11 is 0. The van der Waals surface area contributed by atoms with Crippen LogP contribution in [0.3, 0.4) is 0 Å². The number of hydrogen-bond acceptors (Lipinski definition) is 10. The van der Waals surface area contributed by atoms with E-state index in [0.29, 0.717) is 0 Å². The third-order valence-electron chi connectivity index (χ3n) is 3.34. The summed E-state index contributed by atoms with van der Waals surface area (Å²) in [7, 11) is 0. The lowest BCUT2D eigenvalue weighted by Gasteiger charge is -2.42. The molecule has 0 bridgehead atoms. The standard InChI is InChI=1S/C15H22O10/c1-7(17)4-5-11(20)25-12-10(6-16)24-15(21)14(23-9(3)19)13(12)22-8(2)18/h10,12-16,21H,4-6H2,1-3H3/t10-,12-,13+,14-,15+/m1/s1. The highest BCUT2D eigenvalue weighted by Gasteiger charge is 2.51. The molecule has 1 aliphatic heterocycles. The van der Waals surface area contributed by atoms with Crippen molar-refractivity contribution in [2.45, 2.75) is 64.3 Å². The van der Waals surface area contributed by atoms with Crippen LogP contribution in [-0.2, 0) is 38.1 Å². The number of carbonyl (C=O) groups excluding carboxylic acids is 4. The molecule has 10 heteroatoms. The predicted molar refractivity (Wildman–Crippen MR) is 78.9 cm³/mol. The summed E-state index contributed by atoms with van der Waals surface area (Å²) in [6, 6.07) is 0. The fourth-order valence-corrected chi connectivity index (χ4v) is 2.32. The zero-order valence-electron chi connectivity index (χ0n) is 14.2. The molecule has 0 spiro atoms. The molecule has 1 heterocycles. The van der Waals surface area contributed by atoms with E-state index in [0.717, 1.165) is 13.8 Å². The van der Waals surface area contributed by atoms with E-state index < -0.39 is 55.2 Å². The quantitative estimate of drug-likeness (QED) is 0.420. The predicted octanol–water partition coefficient (Wildman–Crippen LogP) is -1.16. The summed E-state index contributed by atoms with van der Waals surface area (Å²) in [5, 5.41) is 19.3. The molecule has 1 aliphatic rings. The van der Waals surface area contributed by atoms with Gasteiger partial charge in [-0.2, -0.15) is 0 Å². The molecule has 0 aromatic heterocycles. The van der Waals surface area contributed by atoms with Gasteiger partial charge in [0.25, 0.3) is 0 Å². The lowest BCUT2D eigenvalue weighted by Crippen LogP contribution is -2.62. The molecule has 0 aliphatic carbocycles. The summed E-state index contributed by atoms with van der Waals surface area (Å²) in [6.07, 6.45) is -7.35. The molecule has 0 saturated carbocycles. The summed E-state index contributed by atoms with van der Waals surface area (Å²) < 4.78 is 20.2. The third kappa shape index (κ3) is 6.40. The maximum atomic E-state index is 11.9. The first-order chi connectivity index (χ1) is 11.6. The lowest BCUT2D eigenvalue weighted by molar-refractivity contribution is -0.295. The first kappa shape index (κ1) is 21.0. The zero-order chi connectivity index (χ0) is 19.1. The number of rotatable bonds is 7. The van der Waals surface area contributed by atoms with Crippen LogP contribution in [0.5, 0.6) is 0 Å². The number of ether oxygens (including phenoxy) is 4. The van der Waals surface area contributed by atoms with Gasteiger partial charge in [0, 0.05) is 20.3 Å². The van der Waals surface area contributed by atoms with Crippen molar-refractivity contribution in [3.63, 3.8) is 0 Å². The Hall–Kier alpha value is -2.04. The van der Waals surface area contributed by atoms with Gasteiger partial charge in [-0.05, 0) is 6.92 Å². The Morgan fingerprint density at radius 3 is 1.92 bits per heavy atom. The van der Waals surface area contributed by atoms with Gasteiger partial charge < -0.3 is 34.0 Å². The van der Waals surface area contributed by atoms with E-state index in [2.05, 4.69) is 0 Å². The highest BCUT2D eigenvalue weighted by Crippen LogP contribution is 2.27. The maximum Gasteiger partial charge on any atom is 0.306 e.